The molecule has 1 aliphatic rings. The molecule has 8 heteroatoms. The molecule has 0 unspecified atom stereocenters. The van der Waals surface area contributed by atoms with Gasteiger partial charge >= 0.3 is 5.97 Å². The summed E-state index contributed by atoms with van der Waals surface area (Å²) in [5.74, 6) is -0.448. The van der Waals surface area contributed by atoms with Crippen molar-refractivity contribution in [2.45, 2.75) is 13.8 Å². The average molecular weight is 440 g/mol. The van der Waals surface area contributed by atoms with Crippen LogP contribution in [0.25, 0.3) is 6.08 Å². The van der Waals surface area contributed by atoms with Crippen LogP contribution in [-0.2, 0) is 4.79 Å². The molecule has 0 spiro atoms. The van der Waals surface area contributed by atoms with Gasteiger partial charge in [0.25, 0.3) is 5.91 Å². The lowest BCUT2D eigenvalue weighted by Crippen LogP contribution is -2.23. The van der Waals surface area contributed by atoms with Gasteiger partial charge in [-0.05, 0) is 68.1 Å². The van der Waals surface area contributed by atoms with Gasteiger partial charge in [-0.15, -0.1) is 0 Å². The summed E-state index contributed by atoms with van der Waals surface area (Å²) < 4.78 is 5.57. The minimum Gasteiger partial charge on any atom is -0.496 e. The van der Waals surface area contributed by atoms with Crippen molar-refractivity contribution < 1.29 is 19.4 Å². The van der Waals surface area contributed by atoms with Crippen molar-refractivity contribution in [3.63, 3.8) is 0 Å². The highest BCUT2D eigenvalue weighted by atomic mass is 32.2. The van der Waals surface area contributed by atoms with Gasteiger partial charge in [0, 0.05) is 37.5 Å². The maximum atomic E-state index is 12.8. The maximum Gasteiger partial charge on any atom is 0.335 e. The molecule has 0 saturated carbocycles. The van der Waals surface area contributed by atoms with Crippen LogP contribution in [0.5, 0.6) is 5.75 Å². The number of rotatable bonds is 7. The van der Waals surface area contributed by atoms with Crippen molar-refractivity contribution in [3.8, 4) is 5.75 Å². The van der Waals surface area contributed by atoms with Crippen LogP contribution in [0.15, 0.2) is 52.4 Å². The minimum atomic E-state index is -0.993. The van der Waals surface area contributed by atoms with E-state index >= 15 is 0 Å². The second-order valence-corrected chi connectivity index (χ2v) is 7.83. The van der Waals surface area contributed by atoms with Gasteiger partial charge in [-0.25, -0.2) is 9.79 Å². The van der Waals surface area contributed by atoms with Gasteiger partial charge in [0.15, 0.2) is 5.17 Å². The highest BCUT2D eigenvalue weighted by Gasteiger charge is 2.30. The molecule has 0 radical (unpaired) electrons. The third-order valence-electron chi connectivity index (χ3n) is 4.97. The van der Waals surface area contributed by atoms with Gasteiger partial charge in [0.2, 0.25) is 0 Å². The van der Waals surface area contributed by atoms with E-state index in [1.165, 1.54) is 28.8 Å². The zero-order valence-electron chi connectivity index (χ0n) is 18.0. The molecule has 0 aromatic heterocycles. The molecule has 1 fully saturated rings. The number of carbonyl (C=O) groups excluding carboxylic acids is 1. The summed E-state index contributed by atoms with van der Waals surface area (Å²) >= 11 is 1.27. The number of anilines is 1. The van der Waals surface area contributed by atoms with Crippen LogP contribution in [0.4, 0.5) is 11.4 Å². The molecular weight excluding hydrogens is 414 g/mol. The van der Waals surface area contributed by atoms with Crippen molar-refractivity contribution in [3.05, 3.63) is 58.5 Å². The van der Waals surface area contributed by atoms with Crippen molar-refractivity contribution >= 4 is 46.3 Å². The quantitative estimate of drug-likeness (QED) is 0.641. The predicted molar refractivity (Wildman–Crippen MR) is 125 cm³/mol. The number of aromatic carboxylic acids is 1. The third-order valence-corrected chi connectivity index (χ3v) is 6.03. The number of benzene rings is 2. The molecule has 1 aliphatic heterocycles. The first-order valence-electron chi connectivity index (χ1n) is 9.90. The maximum absolute atomic E-state index is 12.8. The van der Waals surface area contributed by atoms with Gasteiger partial charge in [-0.3, -0.25) is 9.69 Å². The number of thioether (sulfide) groups is 1. The molecule has 1 saturated heterocycles. The molecule has 0 aliphatic carbocycles. The molecule has 31 heavy (non-hydrogen) atoms. The van der Waals surface area contributed by atoms with E-state index in [1.54, 1.807) is 26.3 Å². The standard InChI is InChI=1S/C23H25N3O4S/c1-5-26(6-2)18-12-9-16(19(14-18)30-4)13-20-21(27)25(3)23(31-20)24-17-10-7-15(8-11-17)22(28)29/h7-14H,5-6H2,1-4H3,(H,28,29)/b20-13-,24-23?. The van der Waals surface area contributed by atoms with Crippen molar-refractivity contribution in [2.75, 3.05) is 32.1 Å². The van der Waals surface area contributed by atoms with E-state index in [2.05, 4.69) is 23.7 Å². The van der Waals surface area contributed by atoms with Crippen LogP contribution in [-0.4, -0.2) is 54.3 Å². The fourth-order valence-corrected chi connectivity index (χ4v) is 4.16. The first-order valence-corrected chi connectivity index (χ1v) is 10.7. The smallest absolute Gasteiger partial charge is 0.335 e. The van der Waals surface area contributed by atoms with E-state index in [4.69, 9.17) is 9.84 Å². The second-order valence-electron chi connectivity index (χ2n) is 6.82. The highest BCUT2D eigenvalue weighted by molar-refractivity contribution is 8.18. The summed E-state index contributed by atoms with van der Waals surface area (Å²) in [4.78, 5) is 32.5. The Bertz CT molecular complexity index is 1040. The minimum absolute atomic E-state index is 0.152. The van der Waals surface area contributed by atoms with Crippen LogP contribution in [0.3, 0.4) is 0 Å². The fraction of sp³-hybridized carbons (Fsp3) is 0.261. The molecule has 2 aromatic carbocycles. The Hall–Kier alpha value is -3.26. The van der Waals surface area contributed by atoms with Crippen LogP contribution >= 0.6 is 11.8 Å². The highest BCUT2D eigenvalue weighted by Crippen LogP contribution is 2.35. The first-order chi connectivity index (χ1) is 14.9. The number of ether oxygens (including phenoxy) is 1. The molecule has 3 rings (SSSR count). The Morgan fingerprint density at radius 1 is 1.19 bits per heavy atom. The number of amides is 1. The number of carbonyl (C=O) groups is 2. The number of hydrogen-bond donors (Lipinski definition) is 1. The number of carboxylic acids is 1. The summed E-state index contributed by atoms with van der Waals surface area (Å²) in [5.41, 5.74) is 2.65. The fourth-order valence-electron chi connectivity index (χ4n) is 3.19. The first kappa shape index (κ1) is 22.4. The number of hydrogen-bond acceptors (Lipinski definition) is 6. The normalized spacial score (nSPS) is 16.3. The molecule has 2 aromatic rings. The summed E-state index contributed by atoms with van der Waals surface area (Å²) in [5, 5.41) is 9.54. The largest absolute Gasteiger partial charge is 0.496 e. The third kappa shape index (κ3) is 4.91. The predicted octanol–water partition coefficient (Wildman–Crippen LogP) is 4.47. The monoisotopic (exact) mass is 439 g/mol. The van der Waals surface area contributed by atoms with E-state index in [0.29, 0.717) is 21.5 Å². The van der Waals surface area contributed by atoms with Gasteiger partial charge in [0.05, 0.1) is 23.3 Å². The second kappa shape index (κ2) is 9.70. The van der Waals surface area contributed by atoms with E-state index in [9.17, 15) is 9.59 Å². The van der Waals surface area contributed by atoms with Crippen molar-refractivity contribution in [1.29, 1.82) is 0 Å². The number of likely N-dealkylation sites (N-methyl/N-ethyl adjacent to an activating group) is 1. The number of nitrogens with zero attached hydrogens (tertiary/aromatic N) is 3. The molecule has 0 atom stereocenters. The van der Waals surface area contributed by atoms with Crippen molar-refractivity contribution in [1.82, 2.24) is 4.90 Å². The number of methoxy groups -OCH3 is 1. The van der Waals surface area contributed by atoms with E-state index in [1.807, 2.05) is 24.3 Å². The Kier molecular flexibility index (Phi) is 7.02. The molecular formula is C23H25N3O4S. The zero-order valence-corrected chi connectivity index (χ0v) is 18.8. The molecule has 162 valence electrons. The lowest BCUT2D eigenvalue weighted by molar-refractivity contribution is -0.121. The number of amidine groups is 1. The van der Waals surface area contributed by atoms with Crippen LogP contribution < -0.4 is 9.64 Å². The Balaban J connectivity index is 1.88. The van der Waals surface area contributed by atoms with Gasteiger partial charge in [-0.1, -0.05) is 0 Å². The lowest BCUT2D eigenvalue weighted by Gasteiger charge is -2.22. The van der Waals surface area contributed by atoms with E-state index < -0.39 is 5.97 Å². The van der Waals surface area contributed by atoms with Crippen LogP contribution in [0, 0.1) is 0 Å². The summed E-state index contributed by atoms with van der Waals surface area (Å²) in [6.45, 7) is 6.00. The number of aliphatic imine (C=N–C) groups is 1. The molecule has 7 nitrogen and oxygen atoms in total. The average Bonchev–Trinajstić information content (AvgIpc) is 3.03. The van der Waals surface area contributed by atoms with Crippen LogP contribution in [0.1, 0.15) is 29.8 Å². The summed E-state index contributed by atoms with van der Waals surface area (Å²) in [6.07, 6.45) is 1.81. The molecule has 1 N–H and O–H groups in total. The molecule has 1 amide bonds. The van der Waals surface area contributed by atoms with Crippen LogP contribution in [0.2, 0.25) is 0 Å². The van der Waals surface area contributed by atoms with E-state index in [0.717, 1.165) is 24.3 Å². The van der Waals surface area contributed by atoms with Gasteiger partial charge in [0.1, 0.15) is 5.75 Å². The number of carboxylic acid groups (broad SMARTS) is 1. The molecule has 1 heterocycles. The Morgan fingerprint density at radius 3 is 2.45 bits per heavy atom. The molecule has 0 bridgehead atoms. The summed E-state index contributed by atoms with van der Waals surface area (Å²) in [6, 6.07) is 12.2. The van der Waals surface area contributed by atoms with Gasteiger partial charge < -0.3 is 14.7 Å². The Morgan fingerprint density at radius 2 is 1.87 bits per heavy atom. The Labute approximate surface area is 186 Å². The topological polar surface area (TPSA) is 82.4 Å². The van der Waals surface area contributed by atoms with Crippen molar-refractivity contribution in [2.24, 2.45) is 4.99 Å². The summed E-state index contributed by atoms with van der Waals surface area (Å²) in [7, 11) is 3.29. The SMILES string of the molecule is CCN(CC)c1ccc(/C=C2\SC(=Nc3ccc(C(=O)O)cc3)N(C)C2=O)c(OC)c1. The zero-order chi connectivity index (χ0) is 22.5. The van der Waals surface area contributed by atoms with E-state index in [-0.39, 0.29) is 11.5 Å². The lowest BCUT2D eigenvalue weighted by atomic mass is 10.1. The van der Waals surface area contributed by atoms with Gasteiger partial charge in [-0.2, -0.15) is 0 Å².